The zero-order valence-electron chi connectivity index (χ0n) is 14.1. The van der Waals surface area contributed by atoms with Gasteiger partial charge >= 0.3 is 0 Å². The van der Waals surface area contributed by atoms with E-state index in [1.807, 2.05) is 0 Å². The van der Waals surface area contributed by atoms with Crippen molar-refractivity contribution in [1.29, 1.82) is 0 Å². The SMILES string of the molecule is CC1CCCC(CNC2CCCC2S(C)(=O)=O)(N(C)C)C1. The summed E-state index contributed by atoms with van der Waals surface area (Å²) in [7, 11) is 1.41. The number of hydrogen-bond donors (Lipinski definition) is 1. The summed E-state index contributed by atoms with van der Waals surface area (Å²) in [5, 5.41) is 3.45. The maximum absolute atomic E-state index is 11.9. The molecule has 4 atom stereocenters. The molecule has 0 aromatic heterocycles. The summed E-state index contributed by atoms with van der Waals surface area (Å²) in [5.74, 6) is 0.761. The molecule has 2 saturated carbocycles. The Bertz CT molecular complexity index is 449. The van der Waals surface area contributed by atoms with Crippen LogP contribution in [-0.4, -0.2) is 57.0 Å². The van der Waals surface area contributed by atoms with Crippen molar-refractivity contribution in [2.45, 2.75) is 68.7 Å². The number of nitrogens with zero attached hydrogens (tertiary/aromatic N) is 1. The standard InChI is InChI=1S/C16H32N2O2S/c1-13-7-6-10-16(11-13,18(2)3)12-17-14-8-5-9-15(14)21(4,19)20/h13-15,17H,5-12H2,1-4H3. The van der Waals surface area contributed by atoms with Crippen molar-refractivity contribution in [3.63, 3.8) is 0 Å². The molecule has 0 bridgehead atoms. The predicted octanol–water partition coefficient (Wildman–Crippen LogP) is 2.05. The van der Waals surface area contributed by atoms with Crippen LogP contribution in [0.1, 0.15) is 51.9 Å². The third-order valence-corrected chi connectivity index (χ3v) is 7.38. The van der Waals surface area contributed by atoms with Crippen molar-refractivity contribution < 1.29 is 8.42 Å². The molecule has 0 heterocycles. The van der Waals surface area contributed by atoms with Gasteiger partial charge in [-0.25, -0.2) is 8.42 Å². The Labute approximate surface area is 130 Å². The van der Waals surface area contributed by atoms with Gasteiger partial charge in [0.15, 0.2) is 9.84 Å². The minimum absolute atomic E-state index is 0.147. The lowest BCUT2D eigenvalue weighted by molar-refractivity contribution is 0.0725. The molecule has 124 valence electrons. The van der Waals surface area contributed by atoms with E-state index >= 15 is 0 Å². The van der Waals surface area contributed by atoms with Gasteiger partial charge in [0.2, 0.25) is 0 Å². The Morgan fingerprint density at radius 2 is 1.90 bits per heavy atom. The van der Waals surface area contributed by atoms with Gasteiger partial charge in [0.1, 0.15) is 0 Å². The van der Waals surface area contributed by atoms with Crippen molar-refractivity contribution in [3.05, 3.63) is 0 Å². The van der Waals surface area contributed by atoms with Crippen LogP contribution < -0.4 is 5.32 Å². The first-order valence-electron chi connectivity index (χ1n) is 8.34. The van der Waals surface area contributed by atoms with Crippen molar-refractivity contribution >= 4 is 9.84 Å². The molecule has 0 radical (unpaired) electrons. The largest absolute Gasteiger partial charge is 0.311 e. The van der Waals surface area contributed by atoms with Crippen molar-refractivity contribution in [2.24, 2.45) is 5.92 Å². The fraction of sp³-hybridized carbons (Fsp3) is 1.00. The monoisotopic (exact) mass is 316 g/mol. The first kappa shape index (κ1) is 17.2. The Morgan fingerprint density at radius 1 is 1.19 bits per heavy atom. The van der Waals surface area contributed by atoms with E-state index in [4.69, 9.17) is 0 Å². The van der Waals surface area contributed by atoms with Gasteiger partial charge in [0.05, 0.1) is 5.25 Å². The lowest BCUT2D eigenvalue weighted by Gasteiger charge is -2.46. The number of likely N-dealkylation sites (N-methyl/N-ethyl adjacent to an activating group) is 1. The molecule has 4 unspecified atom stereocenters. The van der Waals surface area contributed by atoms with Gasteiger partial charge in [0.25, 0.3) is 0 Å². The Kier molecular flexibility index (Phi) is 5.37. The average Bonchev–Trinajstić information content (AvgIpc) is 2.84. The van der Waals surface area contributed by atoms with Crippen LogP contribution in [0, 0.1) is 5.92 Å². The second kappa shape index (κ2) is 6.55. The van der Waals surface area contributed by atoms with E-state index in [2.05, 4.69) is 31.2 Å². The third-order valence-electron chi connectivity index (χ3n) is 5.71. The molecule has 2 aliphatic rings. The number of sulfone groups is 1. The van der Waals surface area contributed by atoms with Crippen LogP contribution in [0.2, 0.25) is 0 Å². The summed E-state index contributed by atoms with van der Waals surface area (Å²) in [6.07, 6.45) is 9.27. The topological polar surface area (TPSA) is 49.4 Å². The van der Waals surface area contributed by atoms with Gasteiger partial charge in [-0.2, -0.15) is 0 Å². The molecular weight excluding hydrogens is 284 g/mol. The highest BCUT2D eigenvalue weighted by Crippen LogP contribution is 2.36. The third kappa shape index (κ3) is 3.99. The van der Waals surface area contributed by atoms with Crippen LogP contribution in [0.3, 0.4) is 0 Å². The van der Waals surface area contributed by atoms with E-state index in [-0.39, 0.29) is 16.8 Å². The second-order valence-electron chi connectivity index (χ2n) is 7.61. The number of nitrogens with one attached hydrogen (secondary N) is 1. The lowest BCUT2D eigenvalue weighted by atomic mass is 9.75. The van der Waals surface area contributed by atoms with Gasteiger partial charge < -0.3 is 10.2 Å². The maximum Gasteiger partial charge on any atom is 0.151 e. The molecule has 5 heteroatoms. The van der Waals surface area contributed by atoms with E-state index in [1.165, 1.54) is 31.9 Å². The average molecular weight is 317 g/mol. The van der Waals surface area contributed by atoms with Crippen LogP contribution in [-0.2, 0) is 9.84 Å². The van der Waals surface area contributed by atoms with Crippen LogP contribution in [0.25, 0.3) is 0 Å². The van der Waals surface area contributed by atoms with Gasteiger partial charge in [-0.15, -0.1) is 0 Å². The van der Waals surface area contributed by atoms with E-state index in [0.717, 1.165) is 31.7 Å². The molecule has 0 aromatic rings. The lowest BCUT2D eigenvalue weighted by Crippen LogP contribution is -2.56. The van der Waals surface area contributed by atoms with Gasteiger partial charge in [-0.1, -0.05) is 26.2 Å². The van der Waals surface area contributed by atoms with E-state index in [0.29, 0.717) is 0 Å². The fourth-order valence-electron chi connectivity index (χ4n) is 4.35. The highest BCUT2D eigenvalue weighted by Gasteiger charge is 2.40. The van der Waals surface area contributed by atoms with Crippen LogP contribution >= 0.6 is 0 Å². The Balaban J connectivity index is 2.02. The smallest absolute Gasteiger partial charge is 0.151 e. The van der Waals surface area contributed by atoms with Crippen molar-refractivity contribution in [3.8, 4) is 0 Å². The van der Waals surface area contributed by atoms with Crippen molar-refractivity contribution in [1.82, 2.24) is 10.2 Å². The van der Waals surface area contributed by atoms with E-state index < -0.39 is 9.84 Å². The Hall–Kier alpha value is -0.130. The normalized spacial score (nSPS) is 38.0. The zero-order chi connectivity index (χ0) is 15.7. The maximum atomic E-state index is 11.9. The van der Waals surface area contributed by atoms with Crippen molar-refractivity contribution in [2.75, 3.05) is 26.9 Å². The van der Waals surface area contributed by atoms with Crippen LogP contribution in [0.5, 0.6) is 0 Å². The molecule has 0 aliphatic heterocycles. The fourth-order valence-corrected chi connectivity index (χ4v) is 5.77. The Morgan fingerprint density at radius 3 is 2.48 bits per heavy atom. The minimum Gasteiger partial charge on any atom is -0.311 e. The van der Waals surface area contributed by atoms with E-state index in [9.17, 15) is 8.42 Å². The van der Waals surface area contributed by atoms with Gasteiger partial charge in [0, 0.05) is 24.4 Å². The molecule has 0 spiro atoms. The molecule has 4 nitrogen and oxygen atoms in total. The molecule has 1 N–H and O–H groups in total. The summed E-state index contributed by atoms with van der Waals surface area (Å²) in [4.78, 5) is 2.36. The molecule has 0 aromatic carbocycles. The van der Waals surface area contributed by atoms with Gasteiger partial charge in [-0.3, -0.25) is 0 Å². The first-order chi connectivity index (χ1) is 9.74. The summed E-state index contributed by atoms with van der Waals surface area (Å²) in [6.45, 7) is 3.26. The summed E-state index contributed by atoms with van der Waals surface area (Å²) >= 11 is 0. The zero-order valence-corrected chi connectivity index (χ0v) is 14.9. The molecule has 0 saturated heterocycles. The molecule has 2 aliphatic carbocycles. The molecule has 0 amide bonds. The summed E-state index contributed by atoms with van der Waals surface area (Å²) < 4.78 is 23.8. The molecule has 2 rings (SSSR count). The highest BCUT2D eigenvalue weighted by atomic mass is 32.2. The van der Waals surface area contributed by atoms with Crippen LogP contribution in [0.15, 0.2) is 0 Å². The molecule has 21 heavy (non-hydrogen) atoms. The predicted molar refractivity (Wildman–Crippen MR) is 88.3 cm³/mol. The molecular formula is C16H32N2O2S. The minimum atomic E-state index is -2.93. The first-order valence-corrected chi connectivity index (χ1v) is 10.3. The summed E-state index contributed by atoms with van der Waals surface area (Å²) in [5.41, 5.74) is 0.197. The quantitative estimate of drug-likeness (QED) is 0.843. The number of hydrogen-bond acceptors (Lipinski definition) is 4. The highest BCUT2D eigenvalue weighted by molar-refractivity contribution is 7.91. The second-order valence-corrected chi connectivity index (χ2v) is 9.87. The van der Waals surface area contributed by atoms with Gasteiger partial charge in [-0.05, 0) is 45.7 Å². The molecule has 2 fully saturated rings. The van der Waals surface area contributed by atoms with Crippen LogP contribution in [0.4, 0.5) is 0 Å². The van der Waals surface area contributed by atoms with E-state index in [1.54, 1.807) is 0 Å². The number of rotatable bonds is 5. The summed E-state index contributed by atoms with van der Waals surface area (Å²) in [6, 6.07) is 0.147.